The van der Waals surface area contributed by atoms with Gasteiger partial charge in [0, 0.05) is 25.7 Å². The number of sulfone groups is 1. The first-order chi connectivity index (χ1) is 14.6. The molecule has 0 aliphatic rings. The van der Waals surface area contributed by atoms with Crippen LogP contribution in [0.3, 0.4) is 0 Å². The summed E-state index contributed by atoms with van der Waals surface area (Å²) in [4.78, 5) is 13.3. The van der Waals surface area contributed by atoms with E-state index in [1.165, 1.54) is 41.3 Å². The molecule has 0 aliphatic heterocycles. The predicted octanol–water partition coefficient (Wildman–Crippen LogP) is 3.05. The molecule has 0 saturated carbocycles. The molecule has 3 aromatic carbocycles. The van der Waals surface area contributed by atoms with E-state index in [2.05, 4.69) is 0 Å². The van der Waals surface area contributed by atoms with E-state index < -0.39 is 9.84 Å². The van der Waals surface area contributed by atoms with Gasteiger partial charge in [-0.25, -0.2) is 8.42 Å². The van der Waals surface area contributed by atoms with E-state index in [1.807, 2.05) is 6.07 Å². The summed E-state index contributed by atoms with van der Waals surface area (Å²) in [6, 6.07) is 16.6. The van der Waals surface area contributed by atoms with Gasteiger partial charge in [-0.1, -0.05) is 12.1 Å². The molecule has 3 aromatic rings. The Morgan fingerprint density at radius 2 is 1.61 bits per heavy atom. The fraction of sp³-hybridized carbons (Fsp3) is 0.0909. The SMILES string of the molecule is CN(C)C(=O)c1ccc(S(=O)(=O)c2cc(N)c(N)c(Oc3ccccc3C#N)c2)cc1. The Balaban J connectivity index is 2.03. The minimum Gasteiger partial charge on any atom is -0.454 e. The Hall–Kier alpha value is -4.03. The van der Waals surface area contributed by atoms with Crippen molar-refractivity contribution in [3.63, 3.8) is 0 Å². The van der Waals surface area contributed by atoms with Crippen molar-refractivity contribution in [2.24, 2.45) is 0 Å². The summed E-state index contributed by atoms with van der Waals surface area (Å²) in [6.45, 7) is 0. The molecule has 0 unspecified atom stereocenters. The molecule has 0 radical (unpaired) electrons. The number of anilines is 2. The highest BCUT2D eigenvalue weighted by molar-refractivity contribution is 7.91. The van der Waals surface area contributed by atoms with Gasteiger partial charge in [-0.05, 0) is 42.5 Å². The maximum absolute atomic E-state index is 13.1. The van der Waals surface area contributed by atoms with Crippen LogP contribution in [-0.4, -0.2) is 33.3 Å². The molecule has 158 valence electrons. The van der Waals surface area contributed by atoms with Crippen LogP contribution in [0.15, 0.2) is 70.5 Å². The van der Waals surface area contributed by atoms with Gasteiger partial charge in [-0.2, -0.15) is 5.26 Å². The van der Waals surface area contributed by atoms with Crippen molar-refractivity contribution in [1.82, 2.24) is 4.90 Å². The van der Waals surface area contributed by atoms with E-state index in [9.17, 15) is 18.5 Å². The highest BCUT2D eigenvalue weighted by Crippen LogP contribution is 2.37. The number of nitrogens with two attached hydrogens (primary N) is 2. The molecular weight excluding hydrogens is 416 g/mol. The van der Waals surface area contributed by atoms with Crippen molar-refractivity contribution in [3.8, 4) is 17.6 Å². The van der Waals surface area contributed by atoms with Crippen LogP contribution in [0.5, 0.6) is 11.5 Å². The van der Waals surface area contributed by atoms with Crippen LogP contribution in [-0.2, 0) is 9.84 Å². The highest BCUT2D eigenvalue weighted by Gasteiger charge is 2.22. The van der Waals surface area contributed by atoms with Crippen LogP contribution < -0.4 is 16.2 Å². The van der Waals surface area contributed by atoms with Gasteiger partial charge in [0.1, 0.15) is 11.8 Å². The predicted molar refractivity (Wildman–Crippen MR) is 116 cm³/mol. The first-order valence-electron chi connectivity index (χ1n) is 9.08. The van der Waals surface area contributed by atoms with E-state index in [1.54, 1.807) is 38.4 Å². The van der Waals surface area contributed by atoms with Gasteiger partial charge in [0.25, 0.3) is 5.91 Å². The second kappa shape index (κ2) is 8.38. The topological polar surface area (TPSA) is 140 Å². The third-order valence-corrected chi connectivity index (χ3v) is 6.25. The van der Waals surface area contributed by atoms with Crippen LogP contribution in [0.1, 0.15) is 15.9 Å². The largest absolute Gasteiger partial charge is 0.454 e. The molecular formula is C22H20N4O4S. The Morgan fingerprint density at radius 1 is 0.968 bits per heavy atom. The minimum absolute atomic E-state index is 0.0145. The molecule has 0 bridgehead atoms. The Bertz CT molecular complexity index is 1290. The average Bonchev–Trinajstić information content (AvgIpc) is 2.76. The van der Waals surface area contributed by atoms with Crippen molar-refractivity contribution in [2.45, 2.75) is 9.79 Å². The number of carbonyl (C=O) groups is 1. The summed E-state index contributed by atoms with van der Waals surface area (Å²) in [5.74, 6) is -0.00889. The van der Waals surface area contributed by atoms with E-state index in [4.69, 9.17) is 16.2 Å². The number of ether oxygens (including phenoxy) is 1. The van der Waals surface area contributed by atoms with Crippen LogP contribution in [0.2, 0.25) is 0 Å². The molecule has 0 fully saturated rings. The fourth-order valence-electron chi connectivity index (χ4n) is 2.80. The van der Waals surface area contributed by atoms with Gasteiger partial charge < -0.3 is 21.1 Å². The van der Waals surface area contributed by atoms with Crippen molar-refractivity contribution >= 4 is 27.1 Å². The lowest BCUT2D eigenvalue weighted by Crippen LogP contribution is -2.21. The standard InChI is InChI=1S/C22H20N4O4S/c1-26(2)22(27)14-7-9-16(10-8-14)31(28,29)17-11-18(24)21(25)20(12-17)30-19-6-4-3-5-15(19)13-23/h3-12H,24-25H2,1-2H3. The summed E-state index contributed by atoms with van der Waals surface area (Å²) in [5, 5.41) is 9.24. The second-order valence-electron chi connectivity index (χ2n) is 6.86. The number of nitrogen functional groups attached to an aromatic ring is 2. The number of nitriles is 1. The molecule has 0 saturated heterocycles. The van der Waals surface area contributed by atoms with Crippen molar-refractivity contribution in [3.05, 3.63) is 71.8 Å². The Labute approximate surface area is 180 Å². The zero-order valence-electron chi connectivity index (χ0n) is 16.9. The average molecular weight is 436 g/mol. The molecule has 0 aliphatic carbocycles. The summed E-state index contributed by atoms with van der Waals surface area (Å²) in [6.07, 6.45) is 0. The molecule has 4 N–H and O–H groups in total. The normalized spacial score (nSPS) is 10.9. The maximum atomic E-state index is 13.1. The minimum atomic E-state index is -3.98. The lowest BCUT2D eigenvalue weighted by atomic mass is 10.2. The van der Waals surface area contributed by atoms with E-state index in [0.717, 1.165) is 0 Å². The van der Waals surface area contributed by atoms with Gasteiger partial charge in [0.05, 0.1) is 26.7 Å². The summed E-state index contributed by atoms with van der Waals surface area (Å²) >= 11 is 0. The lowest BCUT2D eigenvalue weighted by Gasteiger charge is -2.14. The Kier molecular flexibility index (Phi) is 5.86. The summed E-state index contributed by atoms with van der Waals surface area (Å²) < 4.78 is 32.0. The number of nitrogens with zero attached hydrogens (tertiary/aromatic N) is 2. The number of benzene rings is 3. The zero-order valence-corrected chi connectivity index (χ0v) is 17.7. The van der Waals surface area contributed by atoms with Crippen LogP contribution in [0.4, 0.5) is 11.4 Å². The third-order valence-electron chi connectivity index (χ3n) is 4.50. The quantitative estimate of drug-likeness (QED) is 0.586. The summed E-state index contributed by atoms with van der Waals surface area (Å²) in [7, 11) is -0.762. The molecule has 0 atom stereocenters. The molecule has 0 spiro atoms. The van der Waals surface area contributed by atoms with Gasteiger partial charge in [-0.3, -0.25) is 4.79 Å². The molecule has 9 heteroatoms. The molecule has 0 aromatic heterocycles. The van der Waals surface area contributed by atoms with E-state index >= 15 is 0 Å². The number of carbonyl (C=O) groups excluding carboxylic acids is 1. The van der Waals surface area contributed by atoms with Crippen LogP contribution >= 0.6 is 0 Å². The molecule has 31 heavy (non-hydrogen) atoms. The first kappa shape index (κ1) is 21.7. The molecule has 0 heterocycles. The van der Waals surface area contributed by atoms with Crippen molar-refractivity contribution in [1.29, 1.82) is 5.26 Å². The smallest absolute Gasteiger partial charge is 0.253 e. The van der Waals surface area contributed by atoms with Gasteiger partial charge in [-0.15, -0.1) is 0 Å². The van der Waals surface area contributed by atoms with Crippen LogP contribution in [0.25, 0.3) is 0 Å². The van der Waals surface area contributed by atoms with Crippen molar-refractivity contribution in [2.75, 3.05) is 25.6 Å². The van der Waals surface area contributed by atoms with Gasteiger partial charge in [0.15, 0.2) is 5.75 Å². The lowest BCUT2D eigenvalue weighted by molar-refractivity contribution is 0.0827. The van der Waals surface area contributed by atoms with Gasteiger partial charge in [0.2, 0.25) is 9.84 Å². The first-order valence-corrected chi connectivity index (χ1v) is 10.6. The van der Waals surface area contributed by atoms with Crippen LogP contribution in [0, 0.1) is 11.3 Å². The van der Waals surface area contributed by atoms with E-state index in [-0.39, 0.29) is 44.1 Å². The highest BCUT2D eigenvalue weighted by atomic mass is 32.2. The Morgan fingerprint density at radius 3 is 2.23 bits per heavy atom. The van der Waals surface area contributed by atoms with Crippen molar-refractivity contribution < 1.29 is 17.9 Å². The monoisotopic (exact) mass is 436 g/mol. The number of amides is 1. The second-order valence-corrected chi connectivity index (χ2v) is 8.81. The number of para-hydroxylation sites is 1. The molecule has 3 rings (SSSR count). The molecule has 1 amide bonds. The number of hydrogen-bond donors (Lipinski definition) is 2. The third kappa shape index (κ3) is 4.29. The fourth-order valence-corrected chi connectivity index (χ4v) is 4.11. The molecule has 8 nitrogen and oxygen atoms in total. The van der Waals surface area contributed by atoms with E-state index in [0.29, 0.717) is 5.56 Å². The summed E-state index contributed by atoms with van der Waals surface area (Å²) in [5.41, 5.74) is 12.6. The number of rotatable bonds is 5. The maximum Gasteiger partial charge on any atom is 0.253 e. The van der Waals surface area contributed by atoms with Gasteiger partial charge >= 0.3 is 0 Å². The number of hydrogen-bond acceptors (Lipinski definition) is 7. The zero-order chi connectivity index (χ0) is 22.8.